The second kappa shape index (κ2) is 4.79. The number of hydrogen-bond acceptors (Lipinski definition) is 2. The van der Waals surface area contributed by atoms with E-state index >= 15 is 0 Å². The molecule has 0 aliphatic rings. The Hall–Kier alpha value is -0.550. The maximum absolute atomic E-state index is 5.68. The van der Waals surface area contributed by atoms with Gasteiger partial charge >= 0.3 is 0 Å². The fourth-order valence-corrected chi connectivity index (χ4v) is 2.29. The number of thiophene rings is 1. The summed E-state index contributed by atoms with van der Waals surface area (Å²) in [5.74, 6) is 0.958. The van der Waals surface area contributed by atoms with E-state index in [1.807, 2.05) is 24.3 Å². The Bertz CT molecular complexity index is 397. The van der Waals surface area contributed by atoms with E-state index in [9.17, 15) is 0 Å². The van der Waals surface area contributed by atoms with Gasteiger partial charge < -0.3 is 4.74 Å². The Morgan fingerprint density at radius 2 is 2.07 bits per heavy atom. The van der Waals surface area contributed by atoms with Crippen LogP contribution >= 0.6 is 33.9 Å². The Kier molecular flexibility index (Phi) is 3.42. The van der Waals surface area contributed by atoms with E-state index in [2.05, 4.69) is 39.4 Å². The zero-order valence-electron chi connectivity index (χ0n) is 7.44. The molecule has 3 heteroatoms. The van der Waals surface area contributed by atoms with Crippen molar-refractivity contribution in [3.8, 4) is 5.75 Å². The van der Waals surface area contributed by atoms with Crippen molar-refractivity contribution in [2.75, 3.05) is 0 Å². The lowest BCUT2D eigenvalue weighted by Crippen LogP contribution is -1.94. The van der Waals surface area contributed by atoms with Crippen molar-refractivity contribution < 1.29 is 4.74 Å². The highest BCUT2D eigenvalue weighted by Gasteiger charge is 1.99. The first kappa shape index (κ1) is 9.98. The predicted molar refractivity (Wildman–Crippen MR) is 67.8 cm³/mol. The molecule has 0 spiro atoms. The van der Waals surface area contributed by atoms with Crippen molar-refractivity contribution in [1.29, 1.82) is 0 Å². The van der Waals surface area contributed by atoms with Crippen molar-refractivity contribution >= 4 is 33.9 Å². The highest BCUT2D eigenvalue weighted by atomic mass is 127. The van der Waals surface area contributed by atoms with Crippen LogP contribution in [0.2, 0.25) is 0 Å². The lowest BCUT2D eigenvalue weighted by atomic mass is 10.3. The quantitative estimate of drug-likeness (QED) is 0.780. The molecule has 0 aliphatic carbocycles. The lowest BCUT2D eigenvalue weighted by molar-refractivity contribution is 0.304. The third kappa shape index (κ3) is 2.48. The van der Waals surface area contributed by atoms with Crippen LogP contribution in [-0.2, 0) is 6.61 Å². The summed E-state index contributed by atoms with van der Waals surface area (Å²) < 4.78 is 6.83. The average Bonchev–Trinajstić information content (AvgIpc) is 2.69. The number of benzene rings is 1. The molecule has 2 aromatic rings. The van der Waals surface area contributed by atoms with Gasteiger partial charge in [0.15, 0.2) is 0 Å². The molecular weight excluding hydrogens is 307 g/mol. The van der Waals surface area contributed by atoms with Gasteiger partial charge in [-0.15, -0.1) is 0 Å². The van der Waals surface area contributed by atoms with E-state index in [4.69, 9.17) is 4.74 Å². The molecule has 1 heterocycles. The molecule has 14 heavy (non-hydrogen) atoms. The van der Waals surface area contributed by atoms with Crippen molar-refractivity contribution in [2.24, 2.45) is 0 Å². The van der Waals surface area contributed by atoms with Gasteiger partial charge in [-0.3, -0.25) is 0 Å². The van der Waals surface area contributed by atoms with E-state index < -0.39 is 0 Å². The maximum atomic E-state index is 5.68. The van der Waals surface area contributed by atoms with Crippen LogP contribution < -0.4 is 4.74 Å². The van der Waals surface area contributed by atoms with Gasteiger partial charge in [0.2, 0.25) is 0 Å². The number of hydrogen-bond donors (Lipinski definition) is 0. The van der Waals surface area contributed by atoms with Crippen LogP contribution in [0.4, 0.5) is 0 Å². The topological polar surface area (TPSA) is 9.23 Å². The minimum absolute atomic E-state index is 0.656. The van der Waals surface area contributed by atoms with Crippen molar-refractivity contribution in [3.63, 3.8) is 0 Å². The highest BCUT2D eigenvalue weighted by Crippen LogP contribution is 2.21. The number of rotatable bonds is 3. The minimum atomic E-state index is 0.656. The Morgan fingerprint density at radius 1 is 1.21 bits per heavy atom. The molecule has 1 aromatic carbocycles. The minimum Gasteiger partial charge on any atom is -0.488 e. The molecule has 72 valence electrons. The summed E-state index contributed by atoms with van der Waals surface area (Å²) in [4.78, 5) is 0. The third-order valence-corrected chi connectivity index (χ3v) is 3.43. The third-order valence-electron chi connectivity index (χ3n) is 1.81. The van der Waals surface area contributed by atoms with Crippen molar-refractivity contribution in [3.05, 3.63) is 50.2 Å². The summed E-state index contributed by atoms with van der Waals surface area (Å²) in [7, 11) is 0. The van der Waals surface area contributed by atoms with Crippen molar-refractivity contribution in [1.82, 2.24) is 0 Å². The van der Waals surface area contributed by atoms with E-state index in [0.717, 1.165) is 9.32 Å². The van der Waals surface area contributed by atoms with Gasteiger partial charge in [0.25, 0.3) is 0 Å². The van der Waals surface area contributed by atoms with Crippen LogP contribution in [0.15, 0.2) is 41.1 Å². The number of ether oxygens (including phenoxy) is 1. The summed E-state index contributed by atoms with van der Waals surface area (Å²) >= 11 is 3.98. The first-order chi connectivity index (χ1) is 6.86. The number of para-hydroxylation sites is 1. The largest absolute Gasteiger partial charge is 0.488 e. The Balaban J connectivity index is 2.02. The van der Waals surface area contributed by atoms with Crippen LogP contribution in [0.25, 0.3) is 0 Å². The van der Waals surface area contributed by atoms with E-state index in [1.165, 1.54) is 5.56 Å². The smallest absolute Gasteiger partial charge is 0.133 e. The summed E-state index contributed by atoms with van der Waals surface area (Å²) in [5.41, 5.74) is 1.23. The van der Waals surface area contributed by atoms with Crippen LogP contribution in [-0.4, -0.2) is 0 Å². The van der Waals surface area contributed by atoms with Gasteiger partial charge in [-0.25, -0.2) is 0 Å². The molecule has 1 nitrogen and oxygen atoms in total. The molecule has 0 unspecified atom stereocenters. The highest BCUT2D eigenvalue weighted by molar-refractivity contribution is 14.1. The zero-order chi connectivity index (χ0) is 9.80. The molecule has 0 fully saturated rings. The average molecular weight is 316 g/mol. The van der Waals surface area contributed by atoms with Crippen LogP contribution in [0.3, 0.4) is 0 Å². The van der Waals surface area contributed by atoms with Gasteiger partial charge in [-0.2, -0.15) is 11.3 Å². The second-order valence-corrected chi connectivity index (χ2v) is 4.79. The van der Waals surface area contributed by atoms with Crippen LogP contribution in [0.1, 0.15) is 5.56 Å². The summed E-state index contributed by atoms with van der Waals surface area (Å²) in [6, 6.07) is 10.1. The molecule has 0 saturated carbocycles. The lowest BCUT2D eigenvalue weighted by Gasteiger charge is -2.06. The van der Waals surface area contributed by atoms with Crippen LogP contribution in [0.5, 0.6) is 5.75 Å². The van der Waals surface area contributed by atoms with Crippen LogP contribution in [0, 0.1) is 3.57 Å². The SMILES string of the molecule is Ic1ccccc1OCc1ccsc1. The summed E-state index contributed by atoms with van der Waals surface area (Å²) in [6.07, 6.45) is 0. The first-order valence-corrected chi connectivity index (χ1v) is 6.27. The summed E-state index contributed by atoms with van der Waals surface area (Å²) in [5, 5.41) is 4.17. The van der Waals surface area contributed by atoms with E-state index in [0.29, 0.717) is 6.61 Å². The number of halogens is 1. The molecule has 0 saturated heterocycles. The van der Waals surface area contributed by atoms with Gasteiger partial charge in [-0.1, -0.05) is 12.1 Å². The van der Waals surface area contributed by atoms with Gasteiger partial charge in [0.05, 0.1) is 3.57 Å². The molecule has 0 N–H and O–H groups in total. The van der Waals surface area contributed by atoms with Crippen molar-refractivity contribution in [2.45, 2.75) is 6.61 Å². The van der Waals surface area contributed by atoms with E-state index in [-0.39, 0.29) is 0 Å². The standard InChI is InChI=1S/C11H9IOS/c12-10-3-1-2-4-11(10)13-7-9-5-6-14-8-9/h1-6,8H,7H2. The molecule has 0 aliphatic heterocycles. The molecule has 0 radical (unpaired) electrons. The molecule has 2 rings (SSSR count). The molecular formula is C11H9IOS. The molecule has 1 aromatic heterocycles. The van der Waals surface area contributed by atoms with E-state index in [1.54, 1.807) is 11.3 Å². The van der Waals surface area contributed by atoms with Gasteiger partial charge in [-0.05, 0) is 57.1 Å². The zero-order valence-corrected chi connectivity index (χ0v) is 10.4. The normalized spacial score (nSPS) is 10.1. The monoisotopic (exact) mass is 316 g/mol. The fraction of sp³-hybridized carbons (Fsp3) is 0.0909. The summed E-state index contributed by atoms with van der Waals surface area (Å²) in [6.45, 7) is 0.656. The fourth-order valence-electron chi connectivity index (χ4n) is 1.10. The molecule has 0 amide bonds. The van der Waals surface area contributed by atoms with Gasteiger partial charge in [0.1, 0.15) is 12.4 Å². The Morgan fingerprint density at radius 3 is 2.79 bits per heavy atom. The van der Waals surface area contributed by atoms with Gasteiger partial charge in [0, 0.05) is 0 Å². The maximum Gasteiger partial charge on any atom is 0.133 e. The first-order valence-electron chi connectivity index (χ1n) is 4.24. The molecule has 0 bridgehead atoms. The predicted octanol–water partition coefficient (Wildman–Crippen LogP) is 3.93. The molecule has 0 atom stereocenters. The Labute approximate surface area is 101 Å². The second-order valence-electron chi connectivity index (χ2n) is 2.85.